The van der Waals surface area contributed by atoms with Crippen LogP contribution in [0.15, 0.2) is 30.3 Å². The third-order valence-corrected chi connectivity index (χ3v) is 5.71. The Morgan fingerprint density at radius 1 is 1.23 bits per heavy atom. The van der Waals surface area contributed by atoms with E-state index >= 15 is 0 Å². The van der Waals surface area contributed by atoms with Gasteiger partial charge in [-0.2, -0.15) is 8.78 Å². The minimum Gasteiger partial charge on any atom is -0.477 e. The maximum Gasteiger partial charge on any atom is 0.382 e. The zero-order valence-corrected chi connectivity index (χ0v) is 13.5. The molecule has 1 N–H and O–H groups in total. The summed E-state index contributed by atoms with van der Waals surface area (Å²) in [4.78, 5) is 35.7. The van der Waals surface area contributed by atoms with Crippen molar-refractivity contribution in [3.05, 3.63) is 35.9 Å². The van der Waals surface area contributed by atoms with Crippen molar-refractivity contribution in [3.63, 3.8) is 0 Å². The number of aliphatic carboxylic acids is 1. The second-order valence-corrected chi connectivity index (χ2v) is 7.08. The molecule has 3 fully saturated rings. The second-order valence-electron chi connectivity index (χ2n) is 7.08. The fraction of sp³-hybridized carbons (Fsp3) is 0.500. The van der Waals surface area contributed by atoms with Crippen molar-refractivity contribution >= 4 is 17.9 Å². The second kappa shape index (κ2) is 5.75. The van der Waals surface area contributed by atoms with Gasteiger partial charge in [-0.05, 0) is 24.3 Å². The lowest BCUT2D eigenvalue weighted by Gasteiger charge is -2.28. The van der Waals surface area contributed by atoms with E-state index in [0.29, 0.717) is 12.8 Å². The number of hydrogen-bond donors (Lipinski definition) is 1. The first-order valence-electron chi connectivity index (χ1n) is 8.38. The number of esters is 2. The van der Waals surface area contributed by atoms with Gasteiger partial charge in [-0.3, -0.25) is 9.59 Å². The zero-order chi connectivity index (χ0) is 18.6. The molecule has 6 nitrogen and oxygen atoms in total. The highest BCUT2D eigenvalue weighted by Crippen LogP contribution is 2.58. The number of rotatable bonds is 5. The van der Waals surface area contributed by atoms with E-state index in [0.717, 1.165) is 0 Å². The van der Waals surface area contributed by atoms with Crippen LogP contribution in [0.1, 0.15) is 24.5 Å². The molecule has 26 heavy (non-hydrogen) atoms. The molecule has 2 aliphatic carbocycles. The molecule has 1 aromatic carbocycles. The molecular weight excluding hydrogens is 350 g/mol. The molecule has 0 radical (unpaired) electrons. The van der Waals surface area contributed by atoms with Crippen LogP contribution in [0.2, 0.25) is 0 Å². The first-order valence-corrected chi connectivity index (χ1v) is 8.38. The number of carbonyl (C=O) groups excluding carboxylic acids is 2. The van der Waals surface area contributed by atoms with Crippen LogP contribution in [0.25, 0.3) is 0 Å². The monoisotopic (exact) mass is 366 g/mol. The van der Waals surface area contributed by atoms with Crippen LogP contribution in [0, 0.1) is 23.7 Å². The maximum absolute atomic E-state index is 14.2. The molecule has 0 spiro atoms. The minimum atomic E-state index is -4.30. The number of alkyl halides is 2. The first kappa shape index (κ1) is 16.9. The van der Waals surface area contributed by atoms with Crippen LogP contribution in [-0.2, 0) is 23.9 Å². The van der Waals surface area contributed by atoms with Gasteiger partial charge in [0.2, 0.25) is 6.10 Å². The molecule has 3 aliphatic rings. The molecule has 138 valence electrons. The molecule has 6 unspecified atom stereocenters. The number of hydrogen-bond acceptors (Lipinski definition) is 5. The Bertz CT molecular complexity index is 762. The number of benzene rings is 1. The predicted octanol–water partition coefficient (Wildman–Crippen LogP) is 2.19. The van der Waals surface area contributed by atoms with Crippen LogP contribution in [0.3, 0.4) is 0 Å². The summed E-state index contributed by atoms with van der Waals surface area (Å²) in [5, 5.41) is 8.89. The smallest absolute Gasteiger partial charge is 0.382 e. The fourth-order valence-corrected chi connectivity index (χ4v) is 4.61. The maximum atomic E-state index is 14.2. The van der Waals surface area contributed by atoms with E-state index in [-0.39, 0.29) is 23.5 Å². The predicted molar refractivity (Wildman–Crippen MR) is 80.9 cm³/mol. The Hall–Kier alpha value is -2.51. The van der Waals surface area contributed by atoms with Crippen LogP contribution in [-0.4, -0.2) is 35.0 Å². The van der Waals surface area contributed by atoms with Crippen LogP contribution >= 0.6 is 0 Å². The summed E-state index contributed by atoms with van der Waals surface area (Å²) in [6.45, 7) is 0. The normalized spacial score (nSPS) is 33.0. The number of carbonyl (C=O) groups is 3. The van der Waals surface area contributed by atoms with Crippen LogP contribution < -0.4 is 0 Å². The lowest BCUT2D eigenvalue weighted by Crippen LogP contribution is -2.41. The Kier molecular flexibility index (Phi) is 3.75. The number of fused-ring (bicyclic) bond motifs is 1. The zero-order valence-electron chi connectivity index (χ0n) is 13.5. The quantitative estimate of drug-likeness (QED) is 0.804. The van der Waals surface area contributed by atoms with Gasteiger partial charge >= 0.3 is 23.8 Å². The molecule has 0 amide bonds. The van der Waals surface area contributed by atoms with Gasteiger partial charge < -0.3 is 14.6 Å². The number of carboxylic acids is 1. The van der Waals surface area contributed by atoms with Crippen molar-refractivity contribution in [2.24, 2.45) is 23.7 Å². The Morgan fingerprint density at radius 2 is 1.92 bits per heavy atom. The van der Waals surface area contributed by atoms with Crippen LogP contribution in [0.4, 0.5) is 8.78 Å². The van der Waals surface area contributed by atoms with Gasteiger partial charge in [-0.25, -0.2) is 4.79 Å². The highest BCUT2D eigenvalue weighted by atomic mass is 19.3. The van der Waals surface area contributed by atoms with Crippen molar-refractivity contribution in [1.29, 1.82) is 0 Å². The summed E-state index contributed by atoms with van der Waals surface area (Å²) < 4.78 is 38.7. The molecule has 2 bridgehead atoms. The van der Waals surface area contributed by atoms with E-state index in [4.69, 9.17) is 14.6 Å². The molecule has 1 saturated heterocycles. The number of carboxylic acid groups (broad SMARTS) is 1. The summed E-state index contributed by atoms with van der Waals surface area (Å²) in [6, 6.07) is 7.02. The van der Waals surface area contributed by atoms with Gasteiger partial charge in [0.1, 0.15) is 6.10 Å². The average Bonchev–Trinajstić information content (AvgIpc) is 3.22. The standard InChI is InChI=1S/C18H16F2O6/c19-18(20,17(23)24)14(8-4-2-1-3-5-8)26-15(21)12-9-6-10-11(7-9)25-16(22)13(10)12/h1-5,9-14H,6-7H2,(H,23,24). The molecule has 1 heterocycles. The summed E-state index contributed by atoms with van der Waals surface area (Å²) in [5.74, 6) is -9.93. The fourth-order valence-electron chi connectivity index (χ4n) is 4.61. The molecule has 8 heteroatoms. The highest BCUT2D eigenvalue weighted by molar-refractivity contribution is 5.86. The van der Waals surface area contributed by atoms with E-state index in [1.165, 1.54) is 24.3 Å². The SMILES string of the molecule is O=C(OC(c1ccccc1)C(F)(F)C(=O)O)C1C2CC3OC(=O)C1C3C2. The molecule has 2 saturated carbocycles. The first-order chi connectivity index (χ1) is 12.3. The van der Waals surface area contributed by atoms with Gasteiger partial charge in [-0.15, -0.1) is 0 Å². The lowest BCUT2D eigenvalue weighted by atomic mass is 9.80. The van der Waals surface area contributed by atoms with E-state index in [1.807, 2.05) is 0 Å². The van der Waals surface area contributed by atoms with E-state index in [9.17, 15) is 23.2 Å². The molecular formula is C18H16F2O6. The summed E-state index contributed by atoms with van der Waals surface area (Å²) in [7, 11) is 0. The number of ether oxygens (including phenoxy) is 2. The lowest BCUT2D eigenvalue weighted by molar-refractivity contribution is -0.198. The molecule has 6 atom stereocenters. The van der Waals surface area contributed by atoms with Crippen molar-refractivity contribution in [2.75, 3.05) is 0 Å². The van der Waals surface area contributed by atoms with Crippen molar-refractivity contribution in [2.45, 2.75) is 31.0 Å². The van der Waals surface area contributed by atoms with Crippen molar-refractivity contribution < 1.29 is 37.7 Å². The van der Waals surface area contributed by atoms with Gasteiger partial charge in [0, 0.05) is 5.92 Å². The van der Waals surface area contributed by atoms with Crippen LogP contribution in [0.5, 0.6) is 0 Å². The van der Waals surface area contributed by atoms with E-state index < -0.39 is 41.8 Å². The largest absolute Gasteiger partial charge is 0.477 e. The highest BCUT2D eigenvalue weighted by Gasteiger charge is 2.65. The van der Waals surface area contributed by atoms with Crippen molar-refractivity contribution in [3.8, 4) is 0 Å². The van der Waals surface area contributed by atoms with E-state index in [1.54, 1.807) is 6.07 Å². The topological polar surface area (TPSA) is 89.9 Å². The molecule has 0 aromatic heterocycles. The van der Waals surface area contributed by atoms with Crippen molar-refractivity contribution in [1.82, 2.24) is 0 Å². The molecule has 1 aliphatic heterocycles. The van der Waals surface area contributed by atoms with Gasteiger partial charge in [0.15, 0.2) is 0 Å². The molecule has 1 aromatic rings. The minimum absolute atomic E-state index is 0.0831. The molecule has 4 rings (SSSR count). The number of halogens is 2. The van der Waals surface area contributed by atoms with Gasteiger partial charge in [0.05, 0.1) is 11.8 Å². The Labute approximate surface area is 147 Å². The summed E-state index contributed by atoms with van der Waals surface area (Å²) >= 11 is 0. The Balaban J connectivity index is 1.61. The summed E-state index contributed by atoms with van der Waals surface area (Å²) in [6.07, 6.45) is -1.34. The average molecular weight is 366 g/mol. The third-order valence-electron chi connectivity index (χ3n) is 5.71. The Morgan fingerprint density at radius 3 is 2.58 bits per heavy atom. The van der Waals surface area contributed by atoms with Gasteiger partial charge in [0.25, 0.3) is 0 Å². The van der Waals surface area contributed by atoms with Gasteiger partial charge in [-0.1, -0.05) is 30.3 Å². The summed E-state index contributed by atoms with van der Waals surface area (Å²) in [5.41, 5.74) is -0.122. The third kappa shape index (κ3) is 2.39. The van der Waals surface area contributed by atoms with E-state index in [2.05, 4.69) is 0 Å².